The molecule has 9 heteroatoms. The van der Waals surface area contributed by atoms with Crippen LogP contribution in [0, 0.1) is 0 Å². The van der Waals surface area contributed by atoms with Crippen LogP contribution >= 0.6 is 0 Å². The molecule has 174 valence electrons. The van der Waals surface area contributed by atoms with E-state index in [0.717, 1.165) is 49.8 Å². The van der Waals surface area contributed by atoms with Crippen molar-refractivity contribution in [2.45, 2.75) is 70.4 Å². The van der Waals surface area contributed by atoms with Crippen molar-refractivity contribution in [3.05, 3.63) is 60.0 Å². The highest BCUT2D eigenvalue weighted by atomic mass is 16.5. The van der Waals surface area contributed by atoms with Crippen molar-refractivity contribution in [3.63, 3.8) is 0 Å². The van der Waals surface area contributed by atoms with Gasteiger partial charge in [0.05, 0.1) is 5.69 Å². The number of hydrogen-bond donors (Lipinski definition) is 2. The normalized spacial score (nSPS) is 15.5. The van der Waals surface area contributed by atoms with Gasteiger partial charge in [0, 0.05) is 38.7 Å². The Morgan fingerprint density at radius 1 is 1.12 bits per heavy atom. The summed E-state index contributed by atoms with van der Waals surface area (Å²) < 4.78 is 7.21. The molecule has 0 aliphatic heterocycles. The van der Waals surface area contributed by atoms with Gasteiger partial charge in [-0.25, -0.2) is 4.68 Å². The van der Waals surface area contributed by atoms with E-state index in [4.69, 9.17) is 4.52 Å². The Morgan fingerprint density at radius 3 is 2.55 bits per heavy atom. The second kappa shape index (κ2) is 10.4. The molecule has 1 aliphatic carbocycles. The molecule has 1 fully saturated rings. The van der Waals surface area contributed by atoms with Crippen molar-refractivity contribution in [2.75, 3.05) is 0 Å². The van der Waals surface area contributed by atoms with Gasteiger partial charge in [-0.2, -0.15) is 10.1 Å². The summed E-state index contributed by atoms with van der Waals surface area (Å²) in [5, 5.41) is 14.4. The van der Waals surface area contributed by atoms with Crippen LogP contribution < -0.4 is 10.6 Å². The number of rotatable bonds is 8. The lowest BCUT2D eigenvalue weighted by Gasteiger charge is -2.30. The molecule has 3 aromatic rings. The minimum absolute atomic E-state index is 0.0862. The second-order valence-electron chi connectivity index (χ2n) is 8.58. The Balaban J connectivity index is 1.29. The Hall–Kier alpha value is -3.49. The van der Waals surface area contributed by atoms with Crippen molar-refractivity contribution in [1.29, 1.82) is 0 Å². The summed E-state index contributed by atoms with van der Waals surface area (Å²) >= 11 is 0. The fourth-order valence-corrected chi connectivity index (χ4v) is 4.32. The highest BCUT2D eigenvalue weighted by Gasteiger charge is 2.38. The molecule has 1 saturated carbocycles. The van der Waals surface area contributed by atoms with Crippen molar-refractivity contribution >= 4 is 11.8 Å². The molecular weight excluding hydrogens is 420 g/mol. The predicted molar refractivity (Wildman–Crippen MR) is 121 cm³/mol. The van der Waals surface area contributed by atoms with E-state index in [9.17, 15) is 9.59 Å². The van der Waals surface area contributed by atoms with Crippen LogP contribution in [0.5, 0.6) is 0 Å². The topological polar surface area (TPSA) is 115 Å². The van der Waals surface area contributed by atoms with E-state index < -0.39 is 5.54 Å². The fraction of sp³-hybridized carbons (Fsp3) is 0.458. The van der Waals surface area contributed by atoms with Gasteiger partial charge >= 0.3 is 0 Å². The molecule has 0 bridgehead atoms. The molecule has 2 aromatic heterocycles. The van der Waals surface area contributed by atoms with Gasteiger partial charge in [-0.1, -0.05) is 43.0 Å². The standard InChI is InChI=1S/C24H30N6O3/c1-18(31)28-24(13-4-2-3-5-14-24)23-27-22(33-29-23)12-11-21(32)25-17-19-7-9-20(10-8-19)30-16-6-15-26-30/h6-10,15-16H,2-5,11-14,17H2,1H3,(H,25,32)(H,28,31). The molecule has 0 unspecified atom stereocenters. The lowest BCUT2D eigenvalue weighted by Crippen LogP contribution is -2.45. The first-order valence-corrected chi connectivity index (χ1v) is 11.5. The second-order valence-corrected chi connectivity index (χ2v) is 8.58. The van der Waals surface area contributed by atoms with Crippen LogP contribution in [0.15, 0.2) is 47.2 Å². The average Bonchev–Trinajstić information content (AvgIpc) is 3.47. The highest BCUT2D eigenvalue weighted by Crippen LogP contribution is 2.34. The van der Waals surface area contributed by atoms with Crippen LogP contribution in [0.1, 0.15) is 69.1 Å². The number of nitrogens with one attached hydrogen (secondary N) is 2. The van der Waals surface area contributed by atoms with Crippen molar-refractivity contribution < 1.29 is 14.1 Å². The monoisotopic (exact) mass is 450 g/mol. The first kappa shape index (κ1) is 22.7. The van der Waals surface area contributed by atoms with Gasteiger partial charge in [0.2, 0.25) is 17.7 Å². The fourth-order valence-electron chi connectivity index (χ4n) is 4.32. The number of hydrogen-bond acceptors (Lipinski definition) is 6. The molecule has 4 rings (SSSR count). The van der Waals surface area contributed by atoms with Crippen LogP contribution in [0.25, 0.3) is 5.69 Å². The average molecular weight is 451 g/mol. The number of nitrogens with zero attached hydrogens (tertiary/aromatic N) is 4. The number of aryl methyl sites for hydroxylation is 1. The molecule has 0 atom stereocenters. The summed E-state index contributed by atoms with van der Waals surface area (Å²) in [7, 11) is 0. The van der Waals surface area contributed by atoms with Crippen LogP contribution in [0.2, 0.25) is 0 Å². The SMILES string of the molecule is CC(=O)NC1(c2noc(CCC(=O)NCc3ccc(-n4cccn4)cc3)n2)CCCCCC1. The molecule has 1 aliphatic rings. The first-order valence-electron chi connectivity index (χ1n) is 11.5. The zero-order chi connectivity index (χ0) is 23.1. The van der Waals surface area contributed by atoms with Gasteiger partial charge in [-0.3, -0.25) is 9.59 Å². The molecule has 1 aromatic carbocycles. The molecule has 2 amide bonds. The van der Waals surface area contributed by atoms with Crippen molar-refractivity contribution in [3.8, 4) is 5.69 Å². The third-order valence-corrected chi connectivity index (χ3v) is 6.03. The Morgan fingerprint density at radius 2 is 1.88 bits per heavy atom. The number of benzene rings is 1. The number of carbonyl (C=O) groups is 2. The summed E-state index contributed by atoms with van der Waals surface area (Å²) in [4.78, 5) is 28.7. The summed E-state index contributed by atoms with van der Waals surface area (Å²) in [5.74, 6) is 0.752. The van der Waals surface area contributed by atoms with E-state index in [0.29, 0.717) is 24.7 Å². The van der Waals surface area contributed by atoms with E-state index in [1.165, 1.54) is 6.92 Å². The Bertz CT molecular complexity index is 1050. The third kappa shape index (κ3) is 5.85. The van der Waals surface area contributed by atoms with E-state index in [-0.39, 0.29) is 18.2 Å². The summed E-state index contributed by atoms with van der Waals surface area (Å²) in [5.41, 5.74) is 1.40. The minimum atomic E-state index is -0.575. The molecule has 2 heterocycles. The molecule has 0 spiro atoms. The maximum Gasteiger partial charge on any atom is 0.227 e. The van der Waals surface area contributed by atoms with E-state index in [1.54, 1.807) is 10.9 Å². The summed E-state index contributed by atoms with van der Waals surface area (Å²) in [6, 6.07) is 9.74. The van der Waals surface area contributed by atoms with Gasteiger partial charge in [0.1, 0.15) is 5.54 Å². The third-order valence-electron chi connectivity index (χ3n) is 6.03. The smallest absolute Gasteiger partial charge is 0.227 e. The molecule has 9 nitrogen and oxygen atoms in total. The van der Waals surface area contributed by atoms with Crippen LogP contribution in [-0.2, 0) is 28.1 Å². The quantitative estimate of drug-likeness (QED) is 0.509. The molecule has 0 radical (unpaired) electrons. The molecule has 0 saturated heterocycles. The van der Waals surface area contributed by atoms with Crippen molar-refractivity contribution in [2.24, 2.45) is 0 Å². The van der Waals surface area contributed by atoms with Crippen LogP contribution in [0.4, 0.5) is 0 Å². The summed E-state index contributed by atoms with van der Waals surface area (Å²) in [6.45, 7) is 1.96. The van der Waals surface area contributed by atoms with Gasteiger partial charge in [0.15, 0.2) is 5.82 Å². The lowest BCUT2D eigenvalue weighted by atomic mass is 9.89. The van der Waals surface area contributed by atoms with E-state index >= 15 is 0 Å². The van der Waals surface area contributed by atoms with Gasteiger partial charge < -0.3 is 15.2 Å². The molecular formula is C24H30N6O3. The van der Waals surface area contributed by atoms with Gasteiger partial charge in [0.25, 0.3) is 0 Å². The van der Waals surface area contributed by atoms with Crippen LogP contribution in [-0.4, -0.2) is 31.7 Å². The van der Waals surface area contributed by atoms with E-state index in [1.807, 2.05) is 36.5 Å². The number of carbonyl (C=O) groups excluding carboxylic acids is 2. The lowest BCUT2D eigenvalue weighted by molar-refractivity contribution is -0.122. The molecule has 2 N–H and O–H groups in total. The number of amides is 2. The van der Waals surface area contributed by atoms with Crippen molar-refractivity contribution in [1.82, 2.24) is 30.6 Å². The zero-order valence-corrected chi connectivity index (χ0v) is 18.9. The first-order chi connectivity index (χ1) is 16.0. The highest BCUT2D eigenvalue weighted by molar-refractivity contribution is 5.76. The van der Waals surface area contributed by atoms with E-state index in [2.05, 4.69) is 25.9 Å². The van der Waals surface area contributed by atoms with Crippen LogP contribution in [0.3, 0.4) is 0 Å². The largest absolute Gasteiger partial charge is 0.352 e. The molecule has 33 heavy (non-hydrogen) atoms. The van der Waals surface area contributed by atoms with Gasteiger partial charge in [-0.15, -0.1) is 0 Å². The predicted octanol–water partition coefficient (Wildman–Crippen LogP) is 3.19. The summed E-state index contributed by atoms with van der Waals surface area (Å²) in [6.07, 6.45) is 10.1. The Kier molecular flexibility index (Phi) is 7.16. The Labute approximate surface area is 192 Å². The van der Waals surface area contributed by atoms with Gasteiger partial charge in [-0.05, 0) is 36.6 Å². The number of aromatic nitrogens is 4. The maximum absolute atomic E-state index is 12.3. The minimum Gasteiger partial charge on any atom is -0.352 e. The maximum atomic E-state index is 12.3. The zero-order valence-electron chi connectivity index (χ0n) is 18.9.